The number of nitrogens with two attached hydrogens (primary N) is 1. The molecule has 5 N–H and O–H groups in total. The molecule has 6 heteroatoms. The second-order valence-corrected chi connectivity index (χ2v) is 8.11. The second-order valence-electron chi connectivity index (χ2n) is 8.11. The molecule has 2 aliphatic rings. The third-order valence-corrected chi connectivity index (χ3v) is 6.05. The maximum atomic E-state index is 5.40. The van der Waals surface area contributed by atoms with Crippen molar-refractivity contribution in [3.8, 4) is 0 Å². The van der Waals surface area contributed by atoms with Gasteiger partial charge in [-0.15, -0.1) is 0 Å². The van der Waals surface area contributed by atoms with E-state index in [1.54, 1.807) is 0 Å². The maximum absolute atomic E-state index is 5.40. The molecule has 3 aromatic rings. The second kappa shape index (κ2) is 8.86. The Morgan fingerprint density at radius 1 is 1.19 bits per heavy atom. The lowest BCUT2D eigenvalue weighted by Crippen LogP contribution is -2.37. The Hall–Kier alpha value is -3.61. The molecule has 32 heavy (non-hydrogen) atoms. The summed E-state index contributed by atoms with van der Waals surface area (Å²) in [4.78, 5) is 4.85. The van der Waals surface area contributed by atoms with E-state index in [0.29, 0.717) is 19.0 Å². The molecule has 0 amide bonds. The number of nitrogens with zero attached hydrogens (tertiary/aromatic N) is 2. The first-order valence-electron chi connectivity index (χ1n) is 11.0. The minimum Gasteiger partial charge on any atom is -0.379 e. The number of hydrogen-bond acceptors (Lipinski definition) is 5. The number of aryl methyl sites for hydroxylation is 1. The molecule has 0 radical (unpaired) electrons. The first-order valence-corrected chi connectivity index (χ1v) is 11.0. The van der Waals surface area contributed by atoms with E-state index in [2.05, 4.69) is 81.8 Å². The highest BCUT2D eigenvalue weighted by atomic mass is 15.3. The van der Waals surface area contributed by atoms with Crippen molar-refractivity contribution in [2.75, 3.05) is 6.67 Å². The van der Waals surface area contributed by atoms with Crippen molar-refractivity contribution >= 4 is 33.6 Å². The fraction of sp³-hybridized carbons (Fsp3) is 0.192. The van der Waals surface area contributed by atoms with Gasteiger partial charge in [-0.2, -0.15) is 0 Å². The summed E-state index contributed by atoms with van der Waals surface area (Å²) < 4.78 is 2.38. The highest BCUT2D eigenvalue weighted by Crippen LogP contribution is 2.33. The molecule has 0 fully saturated rings. The number of allylic oxidation sites excluding steroid dienone is 3. The van der Waals surface area contributed by atoms with E-state index in [0.717, 1.165) is 18.6 Å². The topological polar surface area (TPSA) is 79.4 Å². The standard InChI is InChI=1S/C26H28N6/c1-18(29-17-30-27)31-24(23-11-6-7-13-28-23)16-32-25-12-5-4-10-21(25)22-14-19-8-2-3-9-20(19)15-26(22)32/h2,4-8,10-15,23,28-30H,1,3,9,16-17,27H2/b31-24+. The van der Waals surface area contributed by atoms with Gasteiger partial charge in [-0.1, -0.05) is 49.1 Å². The molecule has 2 aromatic carbocycles. The van der Waals surface area contributed by atoms with Gasteiger partial charge in [0.1, 0.15) is 5.82 Å². The van der Waals surface area contributed by atoms with Gasteiger partial charge in [0.05, 0.1) is 25.0 Å². The normalized spacial score (nSPS) is 17.5. The number of rotatable bonds is 7. The SMILES string of the molecule is C=C(/N=C(\Cn1c2ccccc2c2cc3c(cc21)CCC=C3)C1C=CC=CN1)NCNN. The Bertz CT molecular complexity index is 1290. The van der Waals surface area contributed by atoms with Gasteiger partial charge in [0, 0.05) is 21.8 Å². The number of hydrogen-bond donors (Lipinski definition) is 4. The quantitative estimate of drug-likeness (QED) is 0.202. The summed E-state index contributed by atoms with van der Waals surface area (Å²) in [7, 11) is 0. The minimum absolute atomic E-state index is 0.0128. The highest BCUT2D eigenvalue weighted by molar-refractivity contribution is 6.10. The number of dihydropyridines is 1. The Morgan fingerprint density at radius 2 is 2.09 bits per heavy atom. The predicted molar refractivity (Wildman–Crippen MR) is 134 cm³/mol. The van der Waals surface area contributed by atoms with Gasteiger partial charge in [-0.05, 0) is 54.4 Å². The van der Waals surface area contributed by atoms with E-state index in [4.69, 9.17) is 10.8 Å². The number of hydrazine groups is 1. The van der Waals surface area contributed by atoms with Crippen LogP contribution in [0.15, 0.2) is 84.3 Å². The van der Waals surface area contributed by atoms with Crippen LogP contribution >= 0.6 is 0 Å². The zero-order valence-corrected chi connectivity index (χ0v) is 18.0. The van der Waals surface area contributed by atoms with E-state index in [9.17, 15) is 0 Å². The monoisotopic (exact) mass is 424 g/mol. The number of benzene rings is 2. The van der Waals surface area contributed by atoms with Crippen LogP contribution in [0.3, 0.4) is 0 Å². The Labute approximate surface area is 187 Å². The number of fused-ring (bicyclic) bond motifs is 4. The smallest absolute Gasteiger partial charge is 0.119 e. The maximum Gasteiger partial charge on any atom is 0.119 e. The van der Waals surface area contributed by atoms with Crippen LogP contribution in [0.4, 0.5) is 0 Å². The molecule has 0 saturated heterocycles. The number of nitrogens with one attached hydrogen (secondary N) is 3. The molecule has 1 aliphatic heterocycles. The Balaban J connectivity index is 1.63. The van der Waals surface area contributed by atoms with Gasteiger partial charge in [0.15, 0.2) is 0 Å². The van der Waals surface area contributed by atoms with E-state index >= 15 is 0 Å². The summed E-state index contributed by atoms with van der Waals surface area (Å²) in [5, 5.41) is 9.04. The van der Waals surface area contributed by atoms with Crippen molar-refractivity contribution in [3.63, 3.8) is 0 Å². The number of aromatic nitrogens is 1. The molecule has 0 spiro atoms. The van der Waals surface area contributed by atoms with Gasteiger partial charge in [-0.3, -0.25) is 5.84 Å². The highest BCUT2D eigenvalue weighted by Gasteiger charge is 2.19. The van der Waals surface area contributed by atoms with Crippen LogP contribution in [0, 0.1) is 0 Å². The molecule has 1 aromatic heterocycles. The zero-order valence-electron chi connectivity index (χ0n) is 18.0. The van der Waals surface area contributed by atoms with Gasteiger partial charge in [0.2, 0.25) is 0 Å². The average Bonchev–Trinajstić information content (AvgIpc) is 3.14. The first kappa shape index (κ1) is 20.3. The van der Waals surface area contributed by atoms with Gasteiger partial charge in [-0.25, -0.2) is 10.4 Å². The summed E-state index contributed by atoms with van der Waals surface area (Å²) in [6.45, 7) is 5.10. The summed E-state index contributed by atoms with van der Waals surface area (Å²) >= 11 is 0. The summed E-state index contributed by atoms with van der Waals surface area (Å²) in [5.74, 6) is 5.97. The lowest BCUT2D eigenvalue weighted by molar-refractivity contribution is 0.657. The van der Waals surface area contributed by atoms with Gasteiger partial charge in [0.25, 0.3) is 0 Å². The molecule has 162 valence electrons. The van der Waals surface area contributed by atoms with Crippen molar-refractivity contribution in [1.29, 1.82) is 0 Å². The summed E-state index contributed by atoms with van der Waals surface area (Å²) in [6, 6.07) is 13.3. The Kier molecular flexibility index (Phi) is 5.62. The molecular weight excluding hydrogens is 396 g/mol. The van der Waals surface area contributed by atoms with Crippen molar-refractivity contribution < 1.29 is 0 Å². The molecule has 2 heterocycles. The molecular formula is C26H28N6. The fourth-order valence-corrected chi connectivity index (χ4v) is 4.53. The molecule has 6 nitrogen and oxygen atoms in total. The first-order chi connectivity index (χ1) is 15.7. The summed E-state index contributed by atoms with van der Waals surface area (Å²) in [5.41, 5.74) is 8.73. The van der Waals surface area contributed by atoms with Crippen LogP contribution in [0.25, 0.3) is 27.9 Å². The van der Waals surface area contributed by atoms with Crippen LogP contribution < -0.4 is 21.9 Å². The van der Waals surface area contributed by atoms with Crippen LogP contribution in [-0.2, 0) is 13.0 Å². The van der Waals surface area contributed by atoms with Gasteiger partial charge >= 0.3 is 0 Å². The molecule has 0 bridgehead atoms. The molecule has 5 rings (SSSR count). The van der Waals surface area contributed by atoms with Crippen molar-refractivity contribution in [3.05, 3.63) is 90.4 Å². The molecule has 0 saturated carbocycles. The Morgan fingerprint density at radius 3 is 2.94 bits per heavy atom. The van der Waals surface area contributed by atoms with Gasteiger partial charge < -0.3 is 15.2 Å². The molecule has 1 atom stereocenters. The van der Waals surface area contributed by atoms with Crippen LogP contribution in [0.2, 0.25) is 0 Å². The number of aliphatic imine (C=N–C) groups is 1. The predicted octanol–water partition coefficient (Wildman–Crippen LogP) is 3.72. The number of para-hydroxylation sites is 1. The average molecular weight is 425 g/mol. The van der Waals surface area contributed by atoms with Crippen molar-refractivity contribution in [2.24, 2.45) is 10.8 Å². The molecule has 1 aliphatic carbocycles. The summed E-state index contributed by atoms with van der Waals surface area (Å²) in [6.07, 6.45) is 14.8. The van der Waals surface area contributed by atoms with Crippen LogP contribution in [0.1, 0.15) is 17.5 Å². The zero-order chi connectivity index (χ0) is 21.9. The largest absolute Gasteiger partial charge is 0.379 e. The van der Waals surface area contributed by atoms with Crippen molar-refractivity contribution in [2.45, 2.75) is 25.4 Å². The third kappa shape index (κ3) is 3.86. The van der Waals surface area contributed by atoms with Crippen LogP contribution in [0.5, 0.6) is 0 Å². The van der Waals surface area contributed by atoms with E-state index in [1.165, 1.54) is 32.9 Å². The minimum atomic E-state index is -0.0128. The van der Waals surface area contributed by atoms with E-state index in [1.807, 2.05) is 18.4 Å². The fourth-order valence-electron chi connectivity index (χ4n) is 4.53. The van der Waals surface area contributed by atoms with Crippen LogP contribution in [-0.4, -0.2) is 23.0 Å². The van der Waals surface area contributed by atoms with E-state index in [-0.39, 0.29) is 6.04 Å². The third-order valence-electron chi connectivity index (χ3n) is 6.05. The lowest BCUT2D eigenvalue weighted by atomic mass is 9.95. The van der Waals surface area contributed by atoms with Crippen molar-refractivity contribution in [1.82, 2.24) is 20.6 Å². The van der Waals surface area contributed by atoms with E-state index < -0.39 is 0 Å². The molecule has 1 unspecified atom stereocenters. The lowest BCUT2D eigenvalue weighted by Gasteiger charge is -2.21.